The van der Waals surface area contributed by atoms with Crippen molar-refractivity contribution < 1.29 is 14.6 Å². The van der Waals surface area contributed by atoms with Crippen molar-refractivity contribution in [2.24, 2.45) is 0 Å². The Morgan fingerprint density at radius 2 is 1.77 bits per heavy atom. The predicted octanol–water partition coefficient (Wildman–Crippen LogP) is 4.17. The third kappa shape index (κ3) is 3.75. The molecule has 4 nitrogen and oxygen atoms in total. The molecular formula is C22H27NO3. The number of hydrogen-bond donors (Lipinski definition) is 1. The molecule has 0 spiro atoms. The van der Waals surface area contributed by atoms with Gasteiger partial charge in [-0.25, -0.2) is 0 Å². The van der Waals surface area contributed by atoms with Gasteiger partial charge in [0.05, 0.1) is 12.7 Å². The van der Waals surface area contributed by atoms with Crippen molar-refractivity contribution in [1.29, 1.82) is 0 Å². The van der Waals surface area contributed by atoms with Crippen LogP contribution in [0.1, 0.15) is 48.5 Å². The lowest BCUT2D eigenvalue weighted by atomic mass is 9.83. The molecule has 0 radical (unpaired) electrons. The molecule has 1 heterocycles. The molecule has 0 unspecified atom stereocenters. The molecule has 138 valence electrons. The molecule has 0 saturated carbocycles. The summed E-state index contributed by atoms with van der Waals surface area (Å²) in [5.41, 5.74) is 1.88. The Labute approximate surface area is 155 Å². The van der Waals surface area contributed by atoms with Gasteiger partial charge in [0, 0.05) is 36.3 Å². The maximum absolute atomic E-state index is 12.0. The van der Waals surface area contributed by atoms with E-state index in [1.165, 1.54) is 0 Å². The minimum Gasteiger partial charge on any atom is -0.496 e. The van der Waals surface area contributed by atoms with E-state index >= 15 is 0 Å². The standard InChI is InChI=1S/C22H27NO3/c1-3-6-20(24)17-9-11-18(12-10-17)23-15-13-22(25,14-16-23)19-7-4-5-8-21(19)26-2/h4-5,7-12,25H,3,6,13-16H2,1-2H3. The maximum Gasteiger partial charge on any atom is 0.162 e. The van der Waals surface area contributed by atoms with E-state index in [2.05, 4.69) is 4.90 Å². The van der Waals surface area contributed by atoms with Crippen LogP contribution >= 0.6 is 0 Å². The summed E-state index contributed by atoms with van der Waals surface area (Å²) in [6.07, 6.45) is 2.75. The van der Waals surface area contributed by atoms with Crippen LogP contribution in [-0.4, -0.2) is 31.1 Å². The van der Waals surface area contributed by atoms with Crippen LogP contribution < -0.4 is 9.64 Å². The highest BCUT2D eigenvalue weighted by Gasteiger charge is 2.36. The fourth-order valence-corrected chi connectivity index (χ4v) is 3.66. The minimum absolute atomic E-state index is 0.197. The molecule has 2 aromatic carbocycles. The second-order valence-corrected chi connectivity index (χ2v) is 6.94. The van der Waals surface area contributed by atoms with Crippen LogP contribution in [0.2, 0.25) is 0 Å². The van der Waals surface area contributed by atoms with Crippen LogP contribution in [0.4, 0.5) is 5.69 Å². The smallest absolute Gasteiger partial charge is 0.162 e. The van der Waals surface area contributed by atoms with Gasteiger partial charge < -0.3 is 14.7 Å². The van der Waals surface area contributed by atoms with E-state index in [1.54, 1.807) is 7.11 Å². The van der Waals surface area contributed by atoms with Gasteiger partial charge in [-0.1, -0.05) is 25.1 Å². The van der Waals surface area contributed by atoms with Crippen molar-refractivity contribution in [2.45, 2.75) is 38.2 Å². The van der Waals surface area contributed by atoms with Crippen LogP contribution in [0.25, 0.3) is 0 Å². The third-order valence-electron chi connectivity index (χ3n) is 5.23. The van der Waals surface area contributed by atoms with Gasteiger partial charge in [0.25, 0.3) is 0 Å². The predicted molar refractivity (Wildman–Crippen MR) is 104 cm³/mol. The minimum atomic E-state index is -0.861. The first-order valence-electron chi connectivity index (χ1n) is 9.31. The normalized spacial score (nSPS) is 16.3. The second kappa shape index (κ2) is 7.92. The number of methoxy groups -OCH3 is 1. The number of hydrogen-bond acceptors (Lipinski definition) is 4. The largest absolute Gasteiger partial charge is 0.496 e. The Bertz CT molecular complexity index is 746. The first-order chi connectivity index (χ1) is 12.6. The fraction of sp³-hybridized carbons (Fsp3) is 0.409. The van der Waals surface area contributed by atoms with E-state index in [0.29, 0.717) is 19.3 Å². The summed E-state index contributed by atoms with van der Waals surface area (Å²) in [7, 11) is 1.64. The fourth-order valence-electron chi connectivity index (χ4n) is 3.66. The molecule has 0 bridgehead atoms. The van der Waals surface area contributed by atoms with Crippen molar-refractivity contribution >= 4 is 11.5 Å². The van der Waals surface area contributed by atoms with Gasteiger partial charge in [-0.2, -0.15) is 0 Å². The van der Waals surface area contributed by atoms with Gasteiger partial charge in [-0.3, -0.25) is 4.79 Å². The molecule has 1 saturated heterocycles. The molecule has 1 fully saturated rings. The summed E-state index contributed by atoms with van der Waals surface area (Å²) in [5.74, 6) is 0.936. The van der Waals surface area contributed by atoms with E-state index in [4.69, 9.17) is 4.74 Å². The Balaban J connectivity index is 1.69. The Morgan fingerprint density at radius 1 is 1.12 bits per heavy atom. The topological polar surface area (TPSA) is 49.8 Å². The maximum atomic E-state index is 12.0. The lowest BCUT2D eigenvalue weighted by molar-refractivity contribution is 0.00967. The molecule has 1 aliphatic rings. The van der Waals surface area contributed by atoms with Gasteiger partial charge in [0.1, 0.15) is 5.75 Å². The number of ether oxygens (including phenoxy) is 1. The van der Waals surface area contributed by atoms with Crippen molar-refractivity contribution in [3.63, 3.8) is 0 Å². The SMILES string of the molecule is CCCC(=O)c1ccc(N2CCC(O)(c3ccccc3OC)CC2)cc1. The quantitative estimate of drug-likeness (QED) is 0.792. The lowest BCUT2D eigenvalue weighted by Crippen LogP contribution is -2.42. The zero-order valence-electron chi connectivity index (χ0n) is 15.6. The zero-order chi connectivity index (χ0) is 18.6. The average molecular weight is 353 g/mol. The van der Waals surface area contributed by atoms with Gasteiger partial charge in [0.2, 0.25) is 0 Å². The van der Waals surface area contributed by atoms with Crippen LogP contribution in [0.5, 0.6) is 5.75 Å². The number of piperidine rings is 1. The Morgan fingerprint density at radius 3 is 2.38 bits per heavy atom. The molecule has 3 rings (SSSR count). The van der Waals surface area contributed by atoms with Crippen LogP contribution in [0.15, 0.2) is 48.5 Å². The van der Waals surface area contributed by atoms with E-state index in [1.807, 2.05) is 55.5 Å². The summed E-state index contributed by atoms with van der Waals surface area (Å²) in [6, 6.07) is 15.5. The van der Waals surface area contributed by atoms with Crippen LogP contribution in [0.3, 0.4) is 0 Å². The van der Waals surface area contributed by atoms with Crippen LogP contribution in [0, 0.1) is 0 Å². The molecular weight excluding hydrogens is 326 g/mol. The van der Waals surface area contributed by atoms with E-state index < -0.39 is 5.60 Å². The van der Waals surface area contributed by atoms with E-state index in [0.717, 1.165) is 42.1 Å². The number of carbonyl (C=O) groups excluding carboxylic acids is 1. The number of anilines is 1. The highest BCUT2D eigenvalue weighted by atomic mass is 16.5. The zero-order valence-corrected chi connectivity index (χ0v) is 15.6. The molecule has 0 amide bonds. The molecule has 26 heavy (non-hydrogen) atoms. The highest BCUT2D eigenvalue weighted by Crippen LogP contribution is 2.38. The third-order valence-corrected chi connectivity index (χ3v) is 5.23. The van der Waals surface area contributed by atoms with Gasteiger partial charge in [-0.05, 0) is 49.6 Å². The summed E-state index contributed by atoms with van der Waals surface area (Å²) < 4.78 is 5.43. The number of rotatable bonds is 6. The van der Waals surface area contributed by atoms with Crippen LogP contribution in [-0.2, 0) is 5.60 Å². The number of Topliss-reactive ketones (excluding diaryl/α,β-unsaturated/α-hetero) is 1. The van der Waals surface area contributed by atoms with Crippen molar-refractivity contribution in [3.05, 3.63) is 59.7 Å². The number of ketones is 1. The number of benzene rings is 2. The first-order valence-corrected chi connectivity index (χ1v) is 9.31. The number of nitrogens with zero attached hydrogens (tertiary/aromatic N) is 1. The van der Waals surface area contributed by atoms with Crippen molar-refractivity contribution in [3.8, 4) is 5.75 Å². The van der Waals surface area contributed by atoms with Gasteiger partial charge >= 0.3 is 0 Å². The van der Waals surface area contributed by atoms with E-state index in [-0.39, 0.29) is 5.78 Å². The summed E-state index contributed by atoms with van der Waals surface area (Å²) in [5, 5.41) is 11.1. The number of carbonyl (C=O) groups is 1. The molecule has 1 aliphatic heterocycles. The van der Waals surface area contributed by atoms with Crippen molar-refractivity contribution in [1.82, 2.24) is 0 Å². The van der Waals surface area contributed by atoms with Gasteiger partial charge in [0.15, 0.2) is 5.78 Å². The Kier molecular flexibility index (Phi) is 5.62. The molecule has 0 atom stereocenters. The molecule has 2 aromatic rings. The molecule has 0 aliphatic carbocycles. The average Bonchev–Trinajstić information content (AvgIpc) is 2.69. The summed E-state index contributed by atoms with van der Waals surface area (Å²) in [6.45, 7) is 3.54. The van der Waals surface area contributed by atoms with Crippen molar-refractivity contribution in [2.75, 3.05) is 25.1 Å². The van der Waals surface area contributed by atoms with E-state index in [9.17, 15) is 9.90 Å². The Hall–Kier alpha value is -2.33. The lowest BCUT2D eigenvalue weighted by Gasteiger charge is -2.40. The molecule has 1 N–H and O–H groups in total. The summed E-state index contributed by atoms with van der Waals surface area (Å²) in [4.78, 5) is 14.2. The second-order valence-electron chi connectivity index (χ2n) is 6.94. The highest BCUT2D eigenvalue weighted by molar-refractivity contribution is 5.96. The first kappa shape index (κ1) is 18.5. The molecule has 4 heteroatoms. The number of aliphatic hydroxyl groups is 1. The number of para-hydroxylation sites is 1. The van der Waals surface area contributed by atoms with Gasteiger partial charge in [-0.15, -0.1) is 0 Å². The molecule has 0 aromatic heterocycles. The monoisotopic (exact) mass is 353 g/mol. The summed E-state index contributed by atoms with van der Waals surface area (Å²) >= 11 is 0.